The fourth-order valence-corrected chi connectivity index (χ4v) is 4.66. The highest BCUT2D eigenvalue weighted by Crippen LogP contribution is 2.36. The lowest BCUT2D eigenvalue weighted by Crippen LogP contribution is -2.25. The fraction of sp³-hybridized carbons (Fsp3) is 0.121. The Morgan fingerprint density at radius 3 is 2.60 bits per heavy atom. The van der Waals surface area contributed by atoms with Gasteiger partial charge in [-0.25, -0.2) is 14.4 Å². The molecular weight excluding hydrogens is 599 g/mol. The first kappa shape index (κ1) is 32.2. The molecule has 12 heteroatoms. The van der Waals surface area contributed by atoms with Crippen molar-refractivity contribution in [2.75, 3.05) is 19.0 Å². The average molecular weight is 627 g/mol. The van der Waals surface area contributed by atoms with E-state index in [9.17, 15) is 24.3 Å². The standard InChI is InChI=1S/C33H27FN6O4.ClH/c1-44-30-9-3-2-8-25(30)33(43)39-31-27(19-35)26(18-28(38-31)24-11-10-23(34)17-29(24)41)21-6-4-7-22(16-21)32(42)37-12-5-14-40-15-13-36-20-40;/h2-4,6-11,13,15-18,20,41H,5,12,14H2,1H3,(H,37,42)(H,38,39,43);1H. The molecule has 10 nitrogen and oxygen atoms in total. The summed E-state index contributed by atoms with van der Waals surface area (Å²) < 4.78 is 21.0. The van der Waals surface area contributed by atoms with Gasteiger partial charge in [-0.05, 0) is 54.4 Å². The highest BCUT2D eigenvalue weighted by Gasteiger charge is 2.21. The van der Waals surface area contributed by atoms with Gasteiger partial charge in [0.1, 0.15) is 28.9 Å². The van der Waals surface area contributed by atoms with E-state index < -0.39 is 11.7 Å². The SMILES string of the molecule is COc1ccccc1C(=O)Nc1nc(-c2ccc(F)cc2O)cc(-c2cccc(C(=O)NCCCn3ccnc3)c2)c1C#N.Cl. The molecule has 0 radical (unpaired) electrons. The largest absolute Gasteiger partial charge is 0.507 e. The molecule has 0 aliphatic carbocycles. The number of rotatable bonds is 10. The molecule has 5 aromatic rings. The smallest absolute Gasteiger partial charge is 0.260 e. The van der Waals surface area contributed by atoms with E-state index in [0.29, 0.717) is 42.0 Å². The first-order chi connectivity index (χ1) is 21.4. The number of methoxy groups -OCH3 is 1. The first-order valence-electron chi connectivity index (χ1n) is 13.6. The number of phenolic OH excluding ortho intramolecular Hbond substituents is 1. The zero-order valence-electron chi connectivity index (χ0n) is 24.0. The molecule has 0 saturated heterocycles. The number of aryl methyl sites for hydroxylation is 1. The van der Waals surface area contributed by atoms with E-state index in [0.717, 1.165) is 6.07 Å². The maximum atomic E-state index is 13.8. The molecule has 0 aliphatic heterocycles. The van der Waals surface area contributed by atoms with E-state index in [-0.39, 0.29) is 52.3 Å². The van der Waals surface area contributed by atoms with Gasteiger partial charge >= 0.3 is 0 Å². The van der Waals surface area contributed by atoms with Crippen LogP contribution in [-0.2, 0) is 6.54 Å². The number of phenols is 1. The van der Waals surface area contributed by atoms with Crippen molar-refractivity contribution in [3.8, 4) is 40.0 Å². The van der Waals surface area contributed by atoms with Crippen LogP contribution in [0.5, 0.6) is 11.5 Å². The Balaban J connectivity index is 0.00000461. The van der Waals surface area contributed by atoms with Gasteiger partial charge < -0.3 is 25.0 Å². The highest BCUT2D eigenvalue weighted by molar-refractivity contribution is 6.07. The van der Waals surface area contributed by atoms with Crippen LogP contribution in [0.4, 0.5) is 10.2 Å². The summed E-state index contributed by atoms with van der Waals surface area (Å²) in [5.41, 5.74) is 1.77. The van der Waals surface area contributed by atoms with Gasteiger partial charge in [0.25, 0.3) is 11.8 Å². The molecule has 0 unspecified atom stereocenters. The number of carbonyl (C=O) groups excluding carboxylic acids is 2. The summed E-state index contributed by atoms with van der Waals surface area (Å²) in [6.07, 6.45) is 5.95. The molecule has 0 fully saturated rings. The number of aromatic hydroxyl groups is 1. The van der Waals surface area contributed by atoms with Crippen LogP contribution in [0.3, 0.4) is 0 Å². The molecule has 45 heavy (non-hydrogen) atoms. The molecular formula is C33H28ClFN6O4. The van der Waals surface area contributed by atoms with Crippen LogP contribution in [0.15, 0.2) is 91.5 Å². The number of pyridine rings is 1. The third-order valence-corrected chi connectivity index (χ3v) is 6.82. The van der Waals surface area contributed by atoms with E-state index in [1.807, 2.05) is 10.8 Å². The molecule has 0 spiro atoms. The molecule has 3 N–H and O–H groups in total. The number of hydrogen-bond donors (Lipinski definition) is 3. The Bertz CT molecular complexity index is 1870. The predicted octanol–water partition coefficient (Wildman–Crippen LogP) is 5.83. The molecule has 3 aromatic carbocycles. The van der Waals surface area contributed by atoms with E-state index in [1.54, 1.807) is 67.1 Å². The second kappa shape index (κ2) is 14.6. The highest BCUT2D eigenvalue weighted by atomic mass is 35.5. The molecule has 2 amide bonds. The van der Waals surface area contributed by atoms with Crippen LogP contribution in [0.25, 0.3) is 22.4 Å². The van der Waals surface area contributed by atoms with Gasteiger partial charge in [-0.3, -0.25) is 9.59 Å². The number of hydrogen-bond acceptors (Lipinski definition) is 7. The van der Waals surface area contributed by atoms with E-state index in [4.69, 9.17) is 4.74 Å². The van der Waals surface area contributed by atoms with Crippen LogP contribution in [-0.4, -0.2) is 45.1 Å². The number of nitrogens with zero attached hydrogens (tertiary/aromatic N) is 4. The predicted molar refractivity (Wildman–Crippen MR) is 169 cm³/mol. The van der Waals surface area contributed by atoms with E-state index in [1.165, 1.54) is 19.2 Å². The summed E-state index contributed by atoms with van der Waals surface area (Å²) in [6, 6.07) is 20.4. The molecule has 2 heterocycles. The van der Waals surface area contributed by atoms with Crippen LogP contribution in [0, 0.1) is 17.1 Å². The van der Waals surface area contributed by atoms with Crippen molar-refractivity contribution in [2.24, 2.45) is 0 Å². The Morgan fingerprint density at radius 2 is 1.87 bits per heavy atom. The minimum Gasteiger partial charge on any atom is -0.507 e. The summed E-state index contributed by atoms with van der Waals surface area (Å²) >= 11 is 0. The molecule has 0 aliphatic rings. The van der Waals surface area contributed by atoms with Gasteiger partial charge in [0.15, 0.2) is 5.82 Å². The Morgan fingerprint density at radius 1 is 1.04 bits per heavy atom. The summed E-state index contributed by atoms with van der Waals surface area (Å²) in [4.78, 5) is 34.8. The van der Waals surface area contributed by atoms with Crippen LogP contribution >= 0.6 is 12.4 Å². The number of para-hydroxylation sites is 1. The van der Waals surface area contributed by atoms with Crippen LogP contribution in [0.1, 0.15) is 32.7 Å². The number of imidazole rings is 1. The summed E-state index contributed by atoms with van der Waals surface area (Å²) in [7, 11) is 1.43. The number of benzene rings is 3. The third kappa shape index (κ3) is 7.44. The van der Waals surface area contributed by atoms with Crippen LogP contribution in [0.2, 0.25) is 0 Å². The number of nitrogens with one attached hydrogen (secondary N) is 2. The maximum Gasteiger partial charge on any atom is 0.260 e. The van der Waals surface area contributed by atoms with E-state index in [2.05, 4.69) is 26.7 Å². The van der Waals surface area contributed by atoms with Gasteiger partial charge in [0.2, 0.25) is 0 Å². The minimum atomic E-state index is -0.645. The van der Waals surface area contributed by atoms with Crippen molar-refractivity contribution in [1.82, 2.24) is 19.9 Å². The lowest BCUT2D eigenvalue weighted by molar-refractivity contribution is 0.0951. The normalized spacial score (nSPS) is 10.3. The first-order valence-corrected chi connectivity index (χ1v) is 13.6. The summed E-state index contributed by atoms with van der Waals surface area (Å²) in [6.45, 7) is 1.14. The van der Waals surface area contributed by atoms with Crippen molar-refractivity contribution in [3.63, 3.8) is 0 Å². The second-order valence-corrected chi connectivity index (χ2v) is 9.70. The molecule has 228 valence electrons. The topological polar surface area (TPSA) is 142 Å². The quantitative estimate of drug-likeness (QED) is 0.166. The lowest BCUT2D eigenvalue weighted by atomic mass is 9.96. The number of ether oxygens (including phenoxy) is 1. The third-order valence-electron chi connectivity index (χ3n) is 6.82. The van der Waals surface area contributed by atoms with Crippen molar-refractivity contribution in [1.29, 1.82) is 5.26 Å². The van der Waals surface area contributed by atoms with E-state index >= 15 is 0 Å². The van der Waals surface area contributed by atoms with Crippen molar-refractivity contribution in [2.45, 2.75) is 13.0 Å². The molecule has 0 atom stereocenters. The molecule has 5 rings (SSSR count). The number of aromatic nitrogens is 3. The Labute approximate surface area is 264 Å². The lowest BCUT2D eigenvalue weighted by Gasteiger charge is -2.15. The zero-order valence-corrected chi connectivity index (χ0v) is 24.8. The van der Waals surface area contributed by atoms with Gasteiger partial charge in [0.05, 0.1) is 24.7 Å². The van der Waals surface area contributed by atoms with Crippen molar-refractivity contribution < 1.29 is 23.8 Å². The molecule has 0 bridgehead atoms. The van der Waals surface area contributed by atoms with Crippen molar-refractivity contribution >= 4 is 30.0 Å². The Kier molecular flexibility index (Phi) is 10.5. The fourth-order valence-electron chi connectivity index (χ4n) is 4.66. The second-order valence-electron chi connectivity index (χ2n) is 9.70. The monoisotopic (exact) mass is 626 g/mol. The number of halogens is 2. The summed E-state index contributed by atoms with van der Waals surface area (Å²) in [5.74, 6) is -1.67. The van der Waals surface area contributed by atoms with Gasteiger partial charge in [-0.1, -0.05) is 24.3 Å². The molecule has 2 aromatic heterocycles. The number of amides is 2. The molecule has 0 saturated carbocycles. The number of nitriles is 1. The summed E-state index contributed by atoms with van der Waals surface area (Å²) in [5, 5.41) is 26.4. The maximum absolute atomic E-state index is 13.8. The van der Waals surface area contributed by atoms with Crippen molar-refractivity contribution in [3.05, 3.63) is 114 Å². The average Bonchev–Trinajstić information content (AvgIpc) is 3.56. The van der Waals surface area contributed by atoms with Gasteiger partial charge in [-0.2, -0.15) is 5.26 Å². The number of carbonyl (C=O) groups is 2. The zero-order chi connectivity index (χ0) is 31.1. The number of anilines is 1. The van der Waals surface area contributed by atoms with Crippen LogP contribution < -0.4 is 15.4 Å². The van der Waals surface area contributed by atoms with Gasteiger partial charge in [-0.15, -0.1) is 12.4 Å². The minimum absolute atomic E-state index is 0. The Hall–Kier alpha value is -5.73. The van der Waals surface area contributed by atoms with Gasteiger partial charge in [0, 0.05) is 48.2 Å².